The summed E-state index contributed by atoms with van der Waals surface area (Å²) >= 11 is 0. The van der Waals surface area contributed by atoms with E-state index in [9.17, 15) is 18.3 Å². The molecule has 1 atom stereocenters. The molecule has 5 heteroatoms. The van der Waals surface area contributed by atoms with E-state index in [0.717, 1.165) is 12.0 Å². The molecule has 0 saturated heterocycles. The number of rotatable bonds is 5. The van der Waals surface area contributed by atoms with Crippen molar-refractivity contribution in [1.82, 2.24) is 0 Å². The average molecular weight is 248 g/mol. The Morgan fingerprint density at radius 2 is 1.82 bits per heavy atom. The fourth-order valence-corrected chi connectivity index (χ4v) is 1.36. The molecular weight excluding hydrogens is 233 g/mol. The van der Waals surface area contributed by atoms with E-state index in [1.807, 2.05) is 19.1 Å². The van der Waals surface area contributed by atoms with Gasteiger partial charge in [0.05, 0.1) is 6.61 Å². The summed E-state index contributed by atoms with van der Waals surface area (Å²) in [5.74, 6) is 0. The highest BCUT2D eigenvalue weighted by molar-refractivity contribution is 5.24. The van der Waals surface area contributed by atoms with Crippen molar-refractivity contribution >= 4 is 0 Å². The summed E-state index contributed by atoms with van der Waals surface area (Å²) in [6.07, 6.45) is -4.50. The van der Waals surface area contributed by atoms with Crippen LogP contribution in [0.1, 0.15) is 24.2 Å². The number of aryl methyl sites for hydroxylation is 1. The highest BCUT2D eigenvalue weighted by Crippen LogP contribution is 2.18. The van der Waals surface area contributed by atoms with E-state index in [0.29, 0.717) is 5.56 Å². The molecule has 1 aromatic rings. The van der Waals surface area contributed by atoms with E-state index < -0.39 is 18.9 Å². The van der Waals surface area contributed by atoms with Crippen LogP contribution in [0.4, 0.5) is 13.2 Å². The third-order valence-corrected chi connectivity index (χ3v) is 2.31. The Balaban J connectivity index is 2.43. The number of hydrogen-bond donors (Lipinski definition) is 1. The fourth-order valence-electron chi connectivity index (χ4n) is 1.36. The second-order valence-electron chi connectivity index (χ2n) is 3.74. The zero-order valence-corrected chi connectivity index (χ0v) is 9.50. The second kappa shape index (κ2) is 6.02. The number of ether oxygens (including phenoxy) is 1. The van der Waals surface area contributed by atoms with Gasteiger partial charge in [0.15, 0.2) is 0 Å². The molecule has 1 rings (SSSR count). The lowest BCUT2D eigenvalue weighted by molar-refractivity contribution is -0.179. The fraction of sp³-hybridized carbons (Fsp3) is 0.500. The average Bonchev–Trinajstić information content (AvgIpc) is 2.27. The van der Waals surface area contributed by atoms with Crippen LogP contribution in [0.15, 0.2) is 24.3 Å². The summed E-state index contributed by atoms with van der Waals surface area (Å²) in [4.78, 5) is 0. The topological polar surface area (TPSA) is 29.5 Å². The van der Waals surface area contributed by atoms with E-state index >= 15 is 0 Å². The van der Waals surface area contributed by atoms with Gasteiger partial charge in [-0.3, -0.25) is 0 Å². The van der Waals surface area contributed by atoms with Gasteiger partial charge in [-0.05, 0) is 17.5 Å². The lowest BCUT2D eigenvalue weighted by Crippen LogP contribution is -2.19. The Labute approximate surface area is 98.0 Å². The smallest absolute Gasteiger partial charge is 0.386 e. The maximum absolute atomic E-state index is 11.8. The quantitative estimate of drug-likeness (QED) is 0.868. The minimum absolute atomic E-state index is 0.356. The minimum atomic E-state index is -4.36. The van der Waals surface area contributed by atoms with Crippen molar-refractivity contribution in [1.29, 1.82) is 0 Å². The maximum Gasteiger partial charge on any atom is 0.411 e. The van der Waals surface area contributed by atoms with Crippen LogP contribution in [0, 0.1) is 0 Å². The van der Waals surface area contributed by atoms with Crippen LogP contribution < -0.4 is 0 Å². The summed E-state index contributed by atoms with van der Waals surface area (Å²) in [6, 6.07) is 7.06. The van der Waals surface area contributed by atoms with Gasteiger partial charge in [0.1, 0.15) is 12.7 Å². The molecule has 0 aliphatic rings. The highest BCUT2D eigenvalue weighted by Gasteiger charge is 2.27. The van der Waals surface area contributed by atoms with Crippen molar-refractivity contribution in [2.75, 3.05) is 13.2 Å². The number of benzene rings is 1. The molecule has 0 saturated carbocycles. The summed E-state index contributed by atoms with van der Waals surface area (Å²) in [6.45, 7) is 0.306. The SMILES string of the molecule is CCc1ccc(C(O)COCC(F)(F)F)cc1. The Morgan fingerprint density at radius 3 is 2.29 bits per heavy atom. The molecule has 0 aliphatic carbocycles. The van der Waals surface area contributed by atoms with E-state index in [1.54, 1.807) is 12.1 Å². The van der Waals surface area contributed by atoms with Crippen molar-refractivity contribution in [3.8, 4) is 0 Å². The standard InChI is InChI=1S/C12H15F3O2/c1-2-9-3-5-10(6-4-9)11(16)7-17-8-12(13,14)15/h3-6,11,16H,2,7-8H2,1H3. The largest absolute Gasteiger partial charge is 0.411 e. The Morgan fingerprint density at radius 1 is 1.24 bits per heavy atom. The number of aliphatic hydroxyl groups excluding tert-OH is 1. The van der Waals surface area contributed by atoms with Gasteiger partial charge in [0.25, 0.3) is 0 Å². The molecule has 0 heterocycles. The van der Waals surface area contributed by atoms with E-state index in [4.69, 9.17) is 0 Å². The van der Waals surface area contributed by atoms with Gasteiger partial charge in [-0.15, -0.1) is 0 Å². The van der Waals surface area contributed by atoms with E-state index in [-0.39, 0.29) is 6.61 Å². The summed E-state index contributed by atoms with van der Waals surface area (Å²) < 4.78 is 39.8. The minimum Gasteiger partial charge on any atom is -0.386 e. The molecule has 0 radical (unpaired) electrons. The molecule has 2 nitrogen and oxygen atoms in total. The highest BCUT2D eigenvalue weighted by atomic mass is 19.4. The predicted molar refractivity (Wildman–Crippen MR) is 57.7 cm³/mol. The number of aliphatic hydroxyl groups is 1. The van der Waals surface area contributed by atoms with Crippen LogP contribution in [-0.4, -0.2) is 24.5 Å². The number of hydrogen-bond acceptors (Lipinski definition) is 2. The van der Waals surface area contributed by atoms with E-state index in [1.165, 1.54) is 0 Å². The van der Waals surface area contributed by atoms with Crippen LogP contribution >= 0.6 is 0 Å². The van der Waals surface area contributed by atoms with Gasteiger partial charge in [-0.2, -0.15) is 13.2 Å². The summed E-state index contributed by atoms with van der Waals surface area (Å²) in [5, 5.41) is 9.59. The lowest BCUT2D eigenvalue weighted by Gasteiger charge is -2.13. The summed E-state index contributed by atoms with van der Waals surface area (Å²) in [7, 11) is 0. The third kappa shape index (κ3) is 5.19. The van der Waals surface area contributed by atoms with Gasteiger partial charge in [0.2, 0.25) is 0 Å². The van der Waals surface area contributed by atoms with Crippen molar-refractivity contribution in [3.05, 3.63) is 35.4 Å². The molecule has 0 fully saturated rings. The monoisotopic (exact) mass is 248 g/mol. The first kappa shape index (κ1) is 14.0. The van der Waals surface area contributed by atoms with Crippen LogP contribution in [-0.2, 0) is 11.2 Å². The molecule has 0 aliphatic heterocycles. The molecule has 0 bridgehead atoms. The van der Waals surface area contributed by atoms with Crippen molar-refractivity contribution in [2.45, 2.75) is 25.6 Å². The molecule has 1 aromatic carbocycles. The molecule has 0 amide bonds. The maximum atomic E-state index is 11.8. The Hall–Kier alpha value is -1.07. The molecule has 1 unspecified atom stereocenters. The van der Waals surface area contributed by atoms with Crippen LogP contribution in [0.2, 0.25) is 0 Å². The van der Waals surface area contributed by atoms with Crippen molar-refractivity contribution < 1.29 is 23.0 Å². The van der Waals surface area contributed by atoms with Crippen molar-refractivity contribution in [3.63, 3.8) is 0 Å². The van der Waals surface area contributed by atoms with Crippen molar-refractivity contribution in [2.24, 2.45) is 0 Å². The zero-order chi connectivity index (χ0) is 12.9. The Kier molecular flexibility index (Phi) is 4.96. The predicted octanol–water partition coefficient (Wildman–Crippen LogP) is 2.86. The summed E-state index contributed by atoms with van der Waals surface area (Å²) in [5.41, 5.74) is 1.67. The zero-order valence-electron chi connectivity index (χ0n) is 9.50. The molecule has 96 valence electrons. The normalized spacial score (nSPS) is 13.7. The molecular formula is C12H15F3O2. The molecule has 17 heavy (non-hydrogen) atoms. The molecule has 0 spiro atoms. The molecule has 0 aromatic heterocycles. The van der Waals surface area contributed by atoms with Crippen LogP contribution in [0.25, 0.3) is 0 Å². The van der Waals surface area contributed by atoms with Gasteiger partial charge in [-0.1, -0.05) is 31.2 Å². The third-order valence-electron chi connectivity index (χ3n) is 2.31. The lowest BCUT2D eigenvalue weighted by atomic mass is 10.1. The first-order chi connectivity index (χ1) is 7.92. The first-order valence-electron chi connectivity index (χ1n) is 5.34. The molecule has 1 N–H and O–H groups in total. The Bertz CT molecular complexity index is 333. The first-order valence-corrected chi connectivity index (χ1v) is 5.34. The number of halogens is 3. The van der Waals surface area contributed by atoms with Gasteiger partial charge in [-0.25, -0.2) is 0 Å². The van der Waals surface area contributed by atoms with Crippen LogP contribution in [0.3, 0.4) is 0 Å². The second-order valence-corrected chi connectivity index (χ2v) is 3.74. The van der Waals surface area contributed by atoms with Gasteiger partial charge >= 0.3 is 6.18 Å². The van der Waals surface area contributed by atoms with Crippen LogP contribution in [0.5, 0.6) is 0 Å². The number of alkyl halides is 3. The van der Waals surface area contributed by atoms with Gasteiger partial charge in [0, 0.05) is 0 Å². The van der Waals surface area contributed by atoms with Gasteiger partial charge < -0.3 is 9.84 Å². The van der Waals surface area contributed by atoms with E-state index in [2.05, 4.69) is 4.74 Å².